The molecule has 1 spiro atoms. The van der Waals surface area contributed by atoms with Gasteiger partial charge in [-0.1, -0.05) is 232 Å². The van der Waals surface area contributed by atoms with Gasteiger partial charge in [0.05, 0.1) is 28.7 Å². The lowest BCUT2D eigenvalue weighted by molar-refractivity contribution is 0.660. The zero-order chi connectivity index (χ0) is 45.8. The van der Waals surface area contributed by atoms with Gasteiger partial charge < -0.3 is 4.90 Å². The summed E-state index contributed by atoms with van der Waals surface area (Å²) in [5.74, 6) is 0. The molecule has 2 nitrogen and oxygen atoms in total. The summed E-state index contributed by atoms with van der Waals surface area (Å²) in [5.41, 5.74) is 25.0. The van der Waals surface area contributed by atoms with Crippen molar-refractivity contribution in [3.05, 3.63) is 276 Å². The van der Waals surface area contributed by atoms with E-state index in [1.165, 1.54) is 77.9 Å². The van der Waals surface area contributed by atoms with Crippen LogP contribution in [0.2, 0.25) is 0 Å². The van der Waals surface area contributed by atoms with Gasteiger partial charge in [0.15, 0.2) is 0 Å². The zero-order valence-corrected chi connectivity index (χ0v) is 38.5. The van der Waals surface area contributed by atoms with Gasteiger partial charge in [-0.2, -0.15) is 0 Å². The Kier molecular flexibility index (Phi) is 8.58. The van der Waals surface area contributed by atoms with Crippen LogP contribution >= 0.6 is 0 Å². The first kappa shape index (κ1) is 39.6. The van der Waals surface area contributed by atoms with E-state index in [1.54, 1.807) is 0 Å². The van der Waals surface area contributed by atoms with Crippen LogP contribution in [-0.4, -0.2) is 4.98 Å². The molecule has 1 aromatic heterocycles. The first-order valence-electron chi connectivity index (χ1n) is 24.1. The summed E-state index contributed by atoms with van der Waals surface area (Å²) in [4.78, 5) is 8.13. The van der Waals surface area contributed by atoms with E-state index in [0.29, 0.717) is 0 Å². The number of anilines is 3. The normalized spacial score (nSPS) is 13.9. The fourth-order valence-corrected chi connectivity index (χ4v) is 12.6. The molecule has 0 amide bonds. The van der Waals surface area contributed by atoms with Crippen molar-refractivity contribution >= 4 is 27.8 Å². The van der Waals surface area contributed by atoms with E-state index < -0.39 is 5.41 Å². The lowest BCUT2D eigenvalue weighted by Gasteiger charge is -2.33. The maximum absolute atomic E-state index is 5.62. The van der Waals surface area contributed by atoms with Gasteiger partial charge in [0.2, 0.25) is 0 Å². The van der Waals surface area contributed by atoms with Crippen LogP contribution in [0.15, 0.2) is 243 Å². The van der Waals surface area contributed by atoms with E-state index >= 15 is 0 Å². The summed E-state index contributed by atoms with van der Waals surface area (Å²) >= 11 is 0. The largest absolute Gasteiger partial charge is 0.308 e. The Morgan fingerprint density at radius 3 is 1.49 bits per heavy atom. The van der Waals surface area contributed by atoms with Crippen molar-refractivity contribution in [3.8, 4) is 66.9 Å². The second kappa shape index (κ2) is 15.0. The van der Waals surface area contributed by atoms with E-state index in [-0.39, 0.29) is 5.41 Å². The monoisotopic (exact) mass is 878 g/mol. The van der Waals surface area contributed by atoms with Gasteiger partial charge in [-0.25, -0.2) is 0 Å². The lowest BCUT2D eigenvalue weighted by Crippen LogP contribution is -2.26. The molecule has 0 saturated heterocycles. The Morgan fingerprint density at radius 1 is 0.333 bits per heavy atom. The predicted octanol–water partition coefficient (Wildman–Crippen LogP) is 17.4. The summed E-state index contributed by atoms with van der Waals surface area (Å²) in [6.07, 6.45) is 2.14. The van der Waals surface area contributed by atoms with Gasteiger partial charge in [-0.05, 0) is 102 Å². The third-order valence-electron chi connectivity index (χ3n) is 15.5. The molecule has 0 aliphatic heterocycles. The maximum atomic E-state index is 5.62. The Balaban J connectivity index is 1.07. The average molecular weight is 879 g/mol. The van der Waals surface area contributed by atoms with Crippen LogP contribution in [0.4, 0.5) is 17.1 Å². The number of pyridine rings is 1. The quantitative estimate of drug-likeness (QED) is 0.165. The van der Waals surface area contributed by atoms with E-state index in [0.717, 1.165) is 50.2 Å². The van der Waals surface area contributed by atoms with Crippen LogP contribution in [0.1, 0.15) is 47.2 Å². The number of benzene rings is 10. The summed E-state index contributed by atoms with van der Waals surface area (Å²) < 4.78 is 0. The van der Waals surface area contributed by atoms with Crippen LogP contribution in [0.3, 0.4) is 0 Å². The van der Waals surface area contributed by atoms with Crippen molar-refractivity contribution < 1.29 is 0 Å². The molecule has 14 rings (SSSR count). The maximum Gasteiger partial charge on any atom is 0.0788 e. The lowest BCUT2D eigenvalue weighted by atomic mass is 9.70. The van der Waals surface area contributed by atoms with Gasteiger partial charge in [-0.15, -0.1) is 0 Å². The Bertz CT molecular complexity index is 3820. The minimum Gasteiger partial charge on any atom is -0.308 e. The Labute approximate surface area is 403 Å². The van der Waals surface area contributed by atoms with Crippen LogP contribution < -0.4 is 4.90 Å². The van der Waals surface area contributed by atoms with Crippen LogP contribution in [0.25, 0.3) is 77.7 Å². The molecule has 1 heterocycles. The first-order valence-corrected chi connectivity index (χ1v) is 24.1. The Hall–Kier alpha value is -8.59. The molecule has 3 aliphatic carbocycles. The van der Waals surface area contributed by atoms with Crippen LogP contribution in [0, 0.1) is 0 Å². The van der Waals surface area contributed by atoms with Crippen LogP contribution in [-0.2, 0) is 10.8 Å². The van der Waals surface area contributed by atoms with E-state index in [4.69, 9.17) is 4.98 Å². The SMILES string of the molecule is CC1(C)c2ccccc2-c2c(-c3ncc(N(c4ccc5c(c4)C4(c6ccccc6-c6ccccc64)c4ccccc4-5)c4cccc(-c5ccccc5)c4-c4ccccc4)c4ccccc34)cccc21. The second-order valence-corrected chi connectivity index (χ2v) is 19.3. The minimum atomic E-state index is -0.503. The standard InChI is InChI=1S/C67H46N2/c1-66(2)55-33-15-14-30-53(55)64-54(32-19-37-59(64)66)65-52-29-10-9-28-51(52)62(42-68-65)69(61-38-20-31-46(43-21-5-3-6-22-43)63(61)44-23-7-4-8-24-44)45-39-40-50-49-27-13-18-36-58(49)67(60(50)41-45)56-34-16-11-25-47(56)48-26-12-17-35-57(48)67/h3-42H,1-2H3. The van der Waals surface area contributed by atoms with Gasteiger partial charge >= 0.3 is 0 Å². The van der Waals surface area contributed by atoms with Crippen molar-refractivity contribution in [3.63, 3.8) is 0 Å². The Morgan fingerprint density at radius 2 is 0.826 bits per heavy atom. The van der Waals surface area contributed by atoms with Gasteiger partial charge in [0, 0.05) is 33.0 Å². The highest BCUT2D eigenvalue weighted by molar-refractivity contribution is 6.09. The van der Waals surface area contributed by atoms with Gasteiger partial charge in [-0.3, -0.25) is 4.98 Å². The summed E-state index contributed by atoms with van der Waals surface area (Å²) in [6, 6.07) is 87.6. The molecule has 0 unspecified atom stereocenters. The third-order valence-corrected chi connectivity index (χ3v) is 15.5. The third kappa shape index (κ3) is 5.52. The molecule has 0 N–H and O–H groups in total. The summed E-state index contributed by atoms with van der Waals surface area (Å²) in [6.45, 7) is 4.70. The fourth-order valence-electron chi connectivity index (χ4n) is 12.6. The predicted molar refractivity (Wildman–Crippen MR) is 287 cm³/mol. The second-order valence-electron chi connectivity index (χ2n) is 19.3. The summed E-state index contributed by atoms with van der Waals surface area (Å²) in [7, 11) is 0. The molecule has 10 aromatic carbocycles. The minimum absolute atomic E-state index is 0.128. The zero-order valence-electron chi connectivity index (χ0n) is 38.5. The molecule has 3 aliphatic rings. The first-order chi connectivity index (χ1) is 34.0. The van der Waals surface area contributed by atoms with Gasteiger partial charge in [0.25, 0.3) is 0 Å². The molecule has 0 atom stereocenters. The van der Waals surface area contributed by atoms with Crippen molar-refractivity contribution in [1.29, 1.82) is 0 Å². The number of fused-ring (bicyclic) bond motifs is 14. The molecule has 324 valence electrons. The highest BCUT2D eigenvalue weighted by Gasteiger charge is 2.51. The molecular formula is C67H46N2. The van der Waals surface area contributed by atoms with Crippen molar-refractivity contribution in [1.82, 2.24) is 4.98 Å². The molecule has 0 fully saturated rings. The smallest absolute Gasteiger partial charge is 0.0788 e. The highest BCUT2D eigenvalue weighted by Crippen LogP contribution is 2.64. The number of hydrogen-bond acceptors (Lipinski definition) is 2. The van der Waals surface area contributed by atoms with Crippen molar-refractivity contribution in [2.24, 2.45) is 0 Å². The van der Waals surface area contributed by atoms with Crippen molar-refractivity contribution in [2.45, 2.75) is 24.7 Å². The number of rotatable bonds is 6. The topological polar surface area (TPSA) is 16.1 Å². The number of nitrogens with zero attached hydrogens (tertiary/aromatic N) is 2. The van der Waals surface area contributed by atoms with E-state index in [9.17, 15) is 0 Å². The number of aromatic nitrogens is 1. The molecule has 2 heteroatoms. The van der Waals surface area contributed by atoms with Gasteiger partial charge in [0.1, 0.15) is 0 Å². The molecule has 0 bridgehead atoms. The molecular weight excluding hydrogens is 833 g/mol. The molecule has 11 aromatic rings. The van der Waals surface area contributed by atoms with E-state index in [2.05, 4.69) is 262 Å². The van der Waals surface area contributed by atoms with E-state index in [1.807, 2.05) is 0 Å². The molecule has 69 heavy (non-hydrogen) atoms. The molecule has 0 radical (unpaired) electrons. The highest BCUT2D eigenvalue weighted by atomic mass is 15.2. The fraction of sp³-hybridized carbons (Fsp3) is 0.0597. The number of hydrogen-bond donors (Lipinski definition) is 0. The van der Waals surface area contributed by atoms with Crippen LogP contribution in [0.5, 0.6) is 0 Å². The summed E-state index contributed by atoms with van der Waals surface area (Å²) in [5, 5.41) is 2.24. The molecule has 0 saturated carbocycles. The average Bonchev–Trinajstić information content (AvgIpc) is 3.97. The van der Waals surface area contributed by atoms with Crippen molar-refractivity contribution in [2.75, 3.05) is 4.90 Å².